The maximum atomic E-state index is 6.03. The number of nitrogens with one attached hydrogen (secondary N) is 1. The van der Waals surface area contributed by atoms with Crippen LogP contribution < -0.4 is 21.5 Å². The van der Waals surface area contributed by atoms with Crippen molar-refractivity contribution in [3.05, 3.63) is 5.56 Å². The molecule has 1 saturated heterocycles. The van der Waals surface area contributed by atoms with Crippen LogP contribution in [0.25, 0.3) is 0 Å². The van der Waals surface area contributed by atoms with Crippen molar-refractivity contribution in [2.45, 2.75) is 31.3 Å². The number of nitrogen functional groups attached to an aromatic ring is 2. The molecule has 6 heteroatoms. The topological polar surface area (TPSA) is 99.1 Å². The Hall–Kier alpha value is -1.56. The smallest absolute Gasteiger partial charge is 0.225 e. The van der Waals surface area contributed by atoms with Crippen LogP contribution in [0.3, 0.4) is 0 Å². The van der Waals surface area contributed by atoms with Crippen molar-refractivity contribution >= 4 is 11.8 Å². The first kappa shape index (κ1) is 10.6. The molecule has 0 radical (unpaired) electrons. The molecule has 0 aromatic carbocycles. The summed E-state index contributed by atoms with van der Waals surface area (Å²) in [6.45, 7) is 2.02. The van der Waals surface area contributed by atoms with Gasteiger partial charge >= 0.3 is 0 Å². The van der Waals surface area contributed by atoms with Crippen molar-refractivity contribution in [1.82, 2.24) is 15.3 Å². The van der Waals surface area contributed by atoms with Gasteiger partial charge in [-0.05, 0) is 32.4 Å². The lowest BCUT2D eigenvalue weighted by Gasteiger charge is -2.26. The van der Waals surface area contributed by atoms with Crippen LogP contribution in [0.4, 0.5) is 11.8 Å². The number of aromatic nitrogens is 2. The van der Waals surface area contributed by atoms with E-state index < -0.39 is 0 Å². The summed E-state index contributed by atoms with van der Waals surface area (Å²) in [5, 5.41) is 3.38. The highest BCUT2D eigenvalue weighted by Gasteiger charge is 2.41. The van der Waals surface area contributed by atoms with E-state index in [9.17, 15) is 0 Å². The standard InChI is InChI=1S/C11H17N5O/c12-8-7-6-11(2-1-4-14-5-3-11)17-9(7)16-10(13)15-8/h14H,1-6H2,(H4,12,13,15,16). The number of hydrogen-bond acceptors (Lipinski definition) is 6. The van der Waals surface area contributed by atoms with Gasteiger partial charge in [-0.3, -0.25) is 0 Å². The first-order valence-corrected chi connectivity index (χ1v) is 6.00. The molecule has 17 heavy (non-hydrogen) atoms. The number of fused-ring (bicyclic) bond motifs is 1. The SMILES string of the molecule is Nc1nc(N)c2c(n1)OC1(CCCNCC1)C2. The van der Waals surface area contributed by atoms with Gasteiger partial charge in [-0.15, -0.1) is 0 Å². The van der Waals surface area contributed by atoms with E-state index in [1.165, 1.54) is 0 Å². The molecule has 0 amide bonds. The predicted molar refractivity (Wildman–Crippen MR) is 64.6 cm³/mol. The third-order valence-electron chi connectivity index (χ3n) is 3.57. The van der Waals surface area contributed by atoms with Crippen molar-refractivity contribution in [2.24, 2.45) is 0 Å². The Labute approximate surface area is 99.8 Å². The molecule has 1 atom stereocenters. The molecule has 2 aliphatic heterocycles. The first-order valence-electron chi connectivity index (χ1n) is 6.00. The molecule has 1 aromatic heterocycles. The van der Waals surface area contributed by atoms with Gasteiger partial charge in [0.05, 0.1) is 5.56 Å². The van der Waals surface area contributed by atoms with E-state index in [4.69, 9.17) is 16.2 Å². The monoisotopic (exact) mass is 235 g/mol. The van der Waals surface area contributed by atoms with Crippen molar-refractivity contribution in [1.29, 1.82) is 0 Å². The van der Waals surface area contributed by atoms with E-state index in [-0.39, 0.29) is 11.5 Å². The Balaban J connectivity index is 1.93. The van der Waals surface area contributed by atoms with Crippen LogP contribution in [-0.4, -0.2) is 28.7 Å². The van der Waals surface area contributed by atoms with Crippen molar-refractivity contribution in [3.63, 3.8) is 0 Å². The molecule has 3 heterocycles. The molecule has 1 unspecified atom stereocenters. The maximum Gasteiger partial charge on any atom is 0.225 e. The van der Waals surface area contributed by atoms with Gasteiger partial charge in [0.2, 0.25) is 11.8 Å². The van der Waals surface area contributed by atoms with E-state index in [2.05, 4.69) is 15.3 Å². The van der Waals surface area contributed by atoms with Gasteiger partial charge in [0, 0.05) is 6.42 Å². The van der Waals surface area contributed by atoms with Crippen LogP contribution >= 0.6 is 0 Å². The molecule has 3 rings (SSSR count). The highest BCUT2D eigenvalue weighted by molar-refractivity contribution is 5.52. The summed E-state index contributed by atoms with van der Waals surface area (Å²) in [4.78, 5) is 8.13. The fraction of sp³-hybridized carbons (Fsp3) is 0.636. The maximum absolute atomic E-state index is 6.03. The molecule has 92 valence electrons. The van der Waals surface area contributed by atoms with Gasteiger partial charge in [0.1, 0.15) is 11.4 Å². The molecule has 1 aromatic rings. The summed E-state index contributed by atoms with van der Waals surface area (Å²) < 4.78 is 6.03. The molecule has 6 nitrogen and oxygen atoms in total. The van der Waals surface area contributed by atoms with Crippen LogP contribution in [-0.2, 0) is 6.42 Å². The van der Waals surface area contributed by atoms with Crippen molar-refractivity contribution in [2.75, 3.05) is 24.6 Å². The minimum absolute atomic E-state index is 0.150. The van der Waals surface area contributed by atoms with E-state index in [1.807, 2.05) is 0 Å². The number of ether oxygens (including phenoxy) is 1. The number of hydrogen-bond donors (Lipinski definition) is 3. The lowest BCUT2D eigenvalue weighted by Crippen LogP contribution is -2.35. The van der Waals surface area contributed by atoms with Gasteiger partial charge in [0.25, 0.3) is 0 Å². The summed E-state index contributed by atoms with van der Waals surface area (Å²) in [5.41, 5.74) is 12.2. The van der Waals surface area contributed by atoms with Crippen molar-refractivity contribution in [3.8, 4) is 5.88 Å². The second-order valence-corrected chi connectivity index (χ2v) is 4.82. The molecular formula is C11H17N5O. The Morgan fingerprint density at radius 1 is 1.18 bits per heavy atom. The zero-order valence-corrected chi connectivity index (χ0v) is 9.70. The van der Waals surface area contributed by atoms with Gasteiger partial charge in [-0.2, -0.15) is 9.97 Å². The van der Waals surface area contributed by atoms with Gasteiger partial charge in [0.15, 0.2) is 0 Å². The van der Waals surface area contributed by atoms with E-state index in [0.717, 1.165) is 44.3 Å². The molecule has 0 aliphatic carbocycles. The minimum Gasteiger partial charge on any atom is -0.470 e. The first-order chi connectivity index (χ1) is 8.19. The van der Waals surface area contributed by atoms with Crippen molar-refractivity contribution < 1.29 is 4.74 Å². The fourth-order valence-corrected chi connectivity index (χ4v) is 2.69. The zero-order valence-electron chi connectivity index (χ0n) is 9.70. The minimum atomic E-state index is -0.150. The molecule has 1 spiro atoms. The Bertz CT molecular complexity index is 440. The third-order valence-corrected chi connectivity index (χ3v) is 3.57. The highest BCUT2D eigenvalue weighted by Crippen LogP contribution is 2.41. The van der Waals surface area contributed by atoms with Gasteiger partial charge in [-0.1, -0.05) is 0 Å². The Morgan fingerprint density at radius 2 is 2.06 bits per heavy atom. The average Bonchev–Trinajstić information content (AvgIpc) is 2.47. The Kier molecular flexibility index (Phi) is 2.32. The number of rotatable bonds is 0. The Morgan fingerprint density at radius 3 is 2.94 bits per heavy atom. The zero-order chi connectivity index (χ0) is 11.9. The second-order valence-electron chi connectivity index (χ2n) is 4.82. The normalized spacial score (nSPS) is 27.5. The average molecular weight is 235 g/mol. The predicted octanol–water partition coefficient (Wildman–Crippen LogP) is 0.0882. The molecular weight excluding hydrogens is 218 g/mol. The fourth-order valence-electron chi connectivity index (χ4n) is 2.69. The number of nitrogens with zero attached hydrogens (tertiary/aromatic N) is 2. The van der Waals surface area contributed by atoms with Crippen LogP contribution in [0.1, 0.15) is 24.8 Å². The lowest BCUT2D eigenvalue weighted by molar-refractivity contribution is 0.0768. The highest BCUT2D eigenvalue weighted by atomic mass is 16.5. The van der Waals surface area contributed by atoms with Crippen LogP contribution in [0.15, 0.2) is 0 Å². The van der Waals surface area contributed by atoms with Crippen LogP contribution in [0.5, 0.6) is 5.88 Å². The molecule has 2 aliphatic rings. The second kappa shape index (κ2) is 3.73. The lowest BCUT2D eigenvalue weighted by atomic mass is 9.90. The summed E-state index contributed by atoms with van der Waals surface area (Å²) in [6.07, 6.45) is 3.91. The largest absolute Gasteiger partial charge is 0.470 e. The number of nitrogens with two attached hydrogens (primary N) is 2. The molecule has 0 bridgehead atoms. The van der Waals surface area contributed by atoms with E-state index in [1.54, 1.807) is 0 Å². The molecule has 1 fully saturated rings. The third kappa shape index (κ3) is 1.78. The summed E-state index contributed by atoms with van der Waals surface area (Å²) in [5.74, 6) is 1.23. The van der Waals surface area contributed by atoms with E-state index in [0.29, 0.717) is 11.7 Å². The summed E-state index contributed by atoms with van der Waals surface area (Å²) in [7, 11) is 0. The molecule has 5 N–H and O–H groups in total. The van der Waals surface area contributed by atoms with Gasteiger partial charge in [-0.25, -0.2) is 0 Å². The summed E-state index contributed by atoms with van der Waals surface area (Å²) in [6, 6.07) is 0. The van der Waals surface area contributed by atoms with Gasteiger partial charge < -0.3 is 21.5 Å². The van der Waals surface area contributed by atoms with E-state index >= 15 is 0 Å². The molecule has 0 saturated carbocycles. The van der Waals surface area contributed by atoms with Crippen LogP contribution in [0.2, 0.25) is 0 Å². The number of anilines is 2. The summed E-state index contributed by atoms with van der Waals surface area (Å²) >= 11 is 0. The van der Waals surface area contributed by atoms with Crippen LogP contribution in [0, 0.1) is 0 Å². The quantitative estimate of drug-likeness (QED) is 0.589.